The fraction of sp³-hybridized carbons (Fsp3) is 0.182. The van der Waals surface area contributed by atoms with E-state index in [9.17, 15) is 9.59 Å². The van der Waals surface area contributed by atoms with Gasteiger partial charge in [-0.1, -0.05) is 17.7 Å². The van der Waals surface area contributed by atoms with Crippen LogP contribution in [-0.4, -0.2) is 18.2 Å². The number of para-hydroxylation sites is 1. The summed E-state index contributed by atoms with van der Waals surface area (Å²) in [5.41, 5.74) is 0.637. The van der Waals surface area contributed by atoms with Gasteiger partial charge in [0.05, 0.1) is 29.2 Å². The third-order valence-corrected chi connectivity index (χ3v) is 2.67. The molecule has 0 atom stereocenters. The number of halogens is 1. The molecule has 5 heteroatoms. The number of carbonyl (C=O) groups excluding carboxylic acids is 2. The second-order valence-electron chi connectivity index (χ2n) is 3.44. The van der Waals surface area contributed by atoms with Crippen LogP contribution < -0.4 is 4.90 Å². The minimum atomic E-state index is -0.311. The van der Waals surface area contributed by atoms with E-state index in [-0.39, 0.29) is 24.7 Å². The molecule has 1 aliphatic heterocycles. The number of hydrogen-bond acceptors (Lipinski definition) is 3. The maximum Gasteiger partial charge on any atom is 0.235 e. The zero-order valence-corrected chi connectivity index (χ0v) is 8.99. The van der Waals surface area contributed by atoms with Crippen LogP contribution in [0.4, 0.5) is 5.69 Å². The van der Waals surface area contributed by atoms with Crippen LogP contribution in [-0.2, 0) is 9.59 Å². The number of anilines is 1. The number of ketones is 1. The maximum absolute atomic E-state index is 11.5. The quantitative estimate of drug-likeness (QED) is 0.692. The number of amides is 1. The smallest absolute Gasteiger partial charge is 0.235 e. The molecule has 0 bridgehead atoms. The number of carbonyl (C=O) groups is 2. The highest BCUT2D eigenvalue weighted by Gasteiger charge is 2.31. The first-order chi connectivity index (χ1) is 7.63. The van der Waals surface area contributed by atoms with E-state index >= 15 is 0 Å². The van der Waals surface area contributed by atoms with Crippen LogP contribution in [0.3, 0.4) is 0 Å². The summed E-state index contributed by atoms with van der Waals surface area (Å²) < 4.78 is 0. The molecule has 2 rings (SSSR count). The zero-order valence-electron chi connectivity index (χ0n) is 8.24. The van der Waals surface area contributed by atoms with E-state index in [1.807, 2.05) is 6.07 Å². The Hall–Kier alpha value is -1.86. The summed E-state index contributed by atoms with van der Waals surface area (Å²) >= 11 is 5.94. The van der Waals surface area contributed by atoms with E-state index in [1.165, 1.54) is 4.90 Å². The van der Waals surface area contributed by atoms with Crippen LogP contribution in [0.25, 0.3) is 0 Å². The van der Waals surface area contributed by atoms with Crippen molar-refractivity contribution in [3.8, 4) is 6.07 Å². The van der Waals surface area contributed by atoms with E-state index in [1.54, 1.807) is 18.2 Å². The first-order valence-electron chi connectivity index (χ1n) is 4.64. The lowest BCUT2D eigenvalue weighted by molar-refractivity contribution is -0.121. The van der Waals surface area contributed by atoms with Gasteiger partial charge in [-0.2, -0.15) is 5.26 Å². The first kappa shape index (κ1) is 10.7. The van der Waals surface area contributed by atoms with Crippen molar-refractivity contribution in [1.29, 1.82) is 5.26 Å². The summed E-state index contributed by atoms with van der Waals surface area (Å²) in [5, 5.41) is 9.23. The van der Waals surface area contributed by atoms with Gasteiger partial charge in [-0.15, -0.1) is 0 Å². The van der Waals surface area contributed by atoms with Crippen molar-refractivity contribution in [3.63, 3.8) is 0 Å². The molecule has 16 heavy (non-hydrogen) atoms. The molecule has 80 valence electrons. The Bertz CT molecular complexity index is 519. The van der Waals surface area contributed by atoms with Gasteiger partial charge >= 0.3 is 0 Å². The Balaban J connectivity index is 2.52. The molecule has 0 N–H and O–H groups in total. The Morgan fingerprint density at radius 2 is 2.12 bits per heavy atom. The fourth-order valence-corrected chi connectivity index (χ4v) is 1.94. The third kappa shape index (κ3) is 1.66. The molecular weight excluding hydrogens is 228 g/mol. The monoisotopic (exact) mass is 234 g/mol. The summed E-state index contributed by atoms with van der Waals surface area (Å²) in [6.45, 7) is -0.00273. The van der Waals surface area contributed by atoms with Gasteiger partial charge in [0.1, 0.15) is 6.07 Å². The van der Waals surface area contributed by atoms with Crippen LogP contribution in [0, 0.1) is 11.3 Å². The Morgan fingerprint density at radius 3 is 2.69 bits per heavy atom. The molecule has 0 radical (unpaired) electrons. The van der Waals surface area contributed by atoms with E-state index < -0.39 is 0 Å². The molecular formula is C11H7ClN2O2. The number of nitriles is 1. The van der Waals surface area contributed by atoms with Crippen molar-refractivity contribution in [1.82, 2.24) is 0 Å². The molecule has 1 fully saturated rings. The minimum Gasteiger partial charge on any atom is -0.302 e. The number of Topliss-reactive ketones (excluding diaryl/α,β-unsaturated/α-hetero) is 1. The van der Waals surface area contributed by atoms with Crippen LogP contribution in [0.5, 0.6) is 0 Å². The highest BCUT2D eigenvalue weighted by molar-refractivity contribution is 6.34. The molecule has 0 aromatic heterocycles. The average molecular weight is 235 g/mol. The summed E-state index contributed by atoms with van der Waals surface area (Å²) in [5.74, 6) is -0.469. The lowest BCUT2D eigenvalue weighted by Gasteiger charge is -2.17. The fourth-order valence-electron chi connectivity index (χ4n) is 1.67. The van der Waals surface area contributed by atoms with E-state index in [0.29, 0.717) is 16.3 Å². The summed E-state index contributed by atoms with van der Waals surface area (Å²) in [6, 6.07) is 6.75. The highest BCUT2D eigenvalue weighted by Crippen LogP contribution is 2.31. The van der Waals surface area contributed by atoms with E-state index in [0.717, 1.165) is 0 Å². The molecule has 1 aromatic carbocycles. The van der Waals surface area contributed by atoms with Gasteiger partial charge in [0.25, 0.3) is 0 Å². The van der Waals surface area contributed by atoms with Crippen LogP contribution >= 0.6 is 11.6 Å². The van der Waals surface area contributed by atoms with E-state index in [2.05, 4.69) is 0 Å². The van der Waals surface area contributed by atoms with Crippen LogP contribution in [0.15, 0.2) is 18.2 Å². The van der Waals surface area contributed by atoms with Crippen molar-refractivity contribution in [2.75, 3.05) is 11.4 Å². The molecule has 0 unspecified atom stereocenters. The van der Waals surface area contributed by atoms with Gasteiger partial charge in [0.15, 0.2) is 5.78 Å². The number of benzene rings is 1. The summed E-state index contributed by atoms with van der Waals surface area (Å²) in [6.07, 6.45) is -0.115. The predicted molar refractivity (Wildman–Crippen MR) is 58.1 cm³/mol. The van der Waals surface area contributed by atoms with Crippen molar-refractivity contribution in [2.45, 2.75) is 6.42 Å². The molecule has 1 aromatic rings. The van der Waals surface area contributed by atoms with Gasteiger partial charge in [0, 0.05) is 0 Å². The molecule has 1 aliphatic rings. The summed E-state index contributed by atoms with van der Waals surface area (Å²) in [7, 11) is 0. The Kier molecular flexibility index (Phi) is 2.63. The van der Waals surface area contributed by atoms with Gasteiger partial charge in [-0.3, -0.25) is 9.59 Å². The average Bonchev–Trinajstić information content (AvgIpc) is 2.57. The standard InChI is InChI=1S/C11H7ClN2O2/c12-9-3-1-2-7(5-13)11(9)14-6-8(15)4-10(14)16/h1-3H,4,6H2. The number of rotatable bonds is 1. The van der Waals surface area contributed by atoms with Gasteiger partial charge < -0.3 is 4.90 Å². The zero-order chi connectivity index (χ0) is 11.7. The second-order valence-corrected chi connectivity index (χ2v) is 3.85. The molecule has 1 saturated heterocycles. The second kappa shape index (κ2) is 3.95. The molecule has 0 aliphatic carbocycles. The van der Waals surface area contributed by atoms with Crippen molar-refractivity contribution in [3.05, 3.63) is 28.8 Å². The largest absolute Gasteiger partial charge is 0.302 e. The molecule has 0 saturated carbocycles. The molecule has 1 amide bonds. The predicted octanol–water partition coefficient (Wildman–Crippen LogP) is 1.52. The topological polar surface area (TPSA) is 61.2 Å². The lowest BCUT2D eigenvalue weighted by atomic mass is 10.2. The molecule has 1 heterocycles. The Labute approximate surface area is 97.0 Å². The Morgan fingerprint density at radius 1 is 1.38 bits per heavy atom. The van der Waals surface area contributed by atoms with Crippen LogP contribution in [0.2, 0.25) is 5.02 Å². The molecule has 0 spiro atoms. The van der Waals surface area contributed by atoms with Crippen molar-refractivity contribution < 1.29 is 9.59 Å². The normalized spacial score (nSPS) is 15.4. The SMILES string of the molecule is N#Cc1cccc(Cl)c1N1CC(=O)CC1=O. The minimum absolute atomic E-state index is 0.00273. The van der Waals surface area contributed by atoms with Crippen LogP contribution in [0.1, 0.15) is 12.0 Å². The number of hydrogen-bond donors (Lipinski definition) is 0. The lowest BCUT2D eigenvalue weighted by Crippen LogP contribution is -2.25. The first-order valence-corrected chi connectivity index (χ1v) is 5.02. The van der Waals surface area contributed by atoms with E-state index in [4.69, 9.17) is 16.9 Å². The number of nitrogens with zero attached hydrogens (tertiary/aromatic N) is 2. The maximum atomic E-state index is 11.5. The van der Waals surface area contributed by atoms with Gasteiger partial charge in [-0.25, -0.2) is 0 Å². The van der Waals surface area contributed by atoms with Gasteiger partial charge in [-0.05, 0) is 12.1 Å². The molecule has 4 nitrogen and oxygen atoms in total. The van der Waals surface area contributed by atoms with Gasteiger partial charge in [0.2, 0.25) is 5.91 Å². The van der Waals surface area contributed by atoms with Crippen molar-refractivity contribution >= 4 is 29.0 Å². The third-order valence-electron chi connectivity index (χ3n) is 2.36. The van der Waals surface area contributed by atoms with Crippen molar-refractivity contribution in [2.24, 2.45) is 0 Å². The summed E-state index contributed by atoms with van der Waals surface area (Å²) in [4.78, 5) is 24.0. The highest BCUT2D eigenvalue weighted by atomic mass is 35.5.